The first-order valence-electron chi connectivity index (χ1n) is 10.7. The molecule has 180 valence electrons. The van der Waals surface area contributed by atoms with E-state index in [2.05, 4.69) is 5.32 Å². The van der Waals surface area contributed by atoms with Crippen LogP contribution < -0.4 is 9.62 Å². The van der Waals surface area contributed by atoms with Gasteiger partial charge in [-0.1, -0.05) is 12.8 Å². The fraction of sp³-hybridized carbons (Fsp3) is 0.409. The summed E-state index contributed by atoms with van der Waals surface area (Å²) in [7, 11) is -7.46. The monoisotopic (exact) mass is 497 g/mol. The Kier molecular flexibility index (Phi) is 7.76. The van der Waals surface area contributed by atoms with Gasteiger partial charge >= 0.3 is 0 Å². The number of amides is 1. The van der Waals surface area contributed by atoms with Crippen LogP contribution in [0.15, 0.2) is 53.4 Å². The van der Waals surface area contributed by atoms with Crippen molar-refractivity contribution in [3.8, 4) is 0 Å². The lowest BCUT2D eigenvalue weighted by molar-refractivity contribution is -0.116. The first-order chi connectivity index (χ1) is 15.5. The van der Waals surface area contributed by atoms with Crippen molar-refractivity contribution in [3.63, 3.8) is 0 Å². The van der Waals surface area contributed by atoms with Crippen LogP contribution in [0.3, 0.4) is 0 Å². The maximum atomic E-state index is 13.3. The Morgan fingerprint density at radius 3 is 2.00 bits per heavy atom. The smallest absolute Gasteiger partial charge is 0.247 e. The summed E-state index contributed by atoms with van der Waals surface area (Å²) in [6.45, 7) is 2.39. The van der Waals surface area contributed by atoms with Crippen LogP contribution in [0.2, 0.25) is 0 Å². The summed E-state index contributed by atoms with van der Waals surface area (Å²) in [5.41, 5.74) is 0.481. The van der Waals surface area contributed by atoms with E-state index >= 15 is 0 Å². The molecule has 0 saturated carbocycles. The first kappa shape index (κ1) is 25.1. The standard InChI is InChI=1S/C22H28FN3O5S2/c1-17(26(32(2,28)29)20-11-7-18(23)8-12-20)22(27)24-19-9-13-21(14-10-19)33(30,31)25-15-5-3-4-6-16-25/h7-14,17H,3-6,15-16H2,1-2H3,(H,24,27)/t17-/m1/s1. The molecule has 0 spiro atoms. The second-order valence-corrected chi connectivity index (χ2v) is 11.8. The van der Waals surface area contributed by atoms with Gasteiger partial charge in [0.25, 0.3) is 0 Å². The molecule has 1 amide bonds. The zero-order valence-electron chi connectivity index (χ0n) is 18.6. The maximum Gasteiger partial charge on any atom is 0.247 e. The summed E-state index contributed by atoms with van der Waals surface area (Å²) in [6.07, 6.45) is 4.64. The van der Waals surface area contributed by atoms with Gasteiger partial charge in [-0.2, -0.15) is 4.31 Å². The molecule has 1 aliphatic heterocycles. The van der Waals surface area contributed by atoms with Crippen LogP contribution in [-0.2, 0) is 24.8 Å². The highest BCUT2D eigenvalue weighted by molar-refractivity contribution is 7.92. The highest BCUT2D eigenvalue weighted by Gasteiger charge is 2.29. The molecular formula is C22H28FN3O5S2. The molecule has 0 bridgehead atoms. The third-order valence-corrected chi connectivity index (χ3v) is 8.65. The maximum absolute atomic E-state index is 13.3. The van der Waals surface area contributed by atoms with E-state index in [1.807, 2.05) is 0 Å². The molecule has 1 saturated heterocycles. The molecule has 2 aromatic rings. The van der Waals surface area contributed by atoms with E-state index in [1.54, 1.807) is 0 Å². The molecule has 0 unspecified atom stereocenters. The molecule has 11 heteroatoms. The van der Waals surface area contributed by atoms with Gasteiger partial charge in [-0.05, 0) is 68.3 Å². The lowest BCUT2D eigenvalue weighted by atomic mass is 10.2. The number of rotatable bonds is 7. The van der Waals surface area contributed by atoms with Gasteiger partial charge in [0.2, 0.25) is 26.0 Å². The van der Waals surface area contributed by atoms with Gasteiger partial charge in [0, 0.05) is 18.8 Å². The Labute approximate surface area is 194 Å². The highest BCUT2D eigenvalue weighted by atomic mass is 32.2. The van der Waals surface area contributed by atoms with Crippen LogP contribution >= 0.6 is 0 Å². The summed E-state index contributed by atoms with van der Waals surface area (Å²) in [5.74, 6) is -1.15. The van der Waals surface area contributed by atoms with Crippen LogP contribution in [0, 0.1) is 5.82 Å². The number of carbonyl (C=O) groups excluding carboxylic acids is 1. The van der Waals surface area contributed by atoms with E-state index < -0.39 is 37.8 Å². The Balaban J connectivity index is 1.75. The van der Waals surface area contributed by atoms with E-state index in [0.717, 1.165) is 48.4 Å². The van der Waals surface area contributed by atoms with Gasteiger partial charge < -0.3 is 5.32 Å². The molecule has 8 nitrogen and oxygen atoms in total. The minimum Gasteiger partial charge on any atom is -0.324 e. The van der Waals surface area contributed by atoms with Crippen molar-refractivity contribution >= 4 is 37.3 Å². The van der Waals surface area contributed by atoms with Gasteiger partial charge in [0.15, 0.2) is 0 Å². The zero-order valence-corrected chi connectivity index (χ0v) is 20.2. The van der Waals surface area contributed by atoms with E-state index in [-0.39, 0.29) is 10.6 Å². The molecule has 1 aliphatic rings. The summed E-state index contributed by atoms with van der Waals surface area (Å²) in [5, 5.41) is 2.62. The molecular weight excluding hydrogens is 469 g/mol. The normalized spacial score (nSPS) is 16.6. The Hall–Kier alpha value is -2.50. The summed E-state index contributed by atoms with van der Waals surface area (Å²) >= 11 is 0. The van der Waals surface area contributed by atoms with E-state index in [9.17, 15) is 26.0 Å². The lowest BCUT2D eigenvalue weighted by Crippen LogP contribution is -2.45. The van der Waals surface area contributed by atoms with Crippen LogP contribution in [0.1, 0.15) is 32.6 Å². The molecule has 1 atom stereocenters. The first-order valence-corrected chi connectivity index (χ1v) is 13.9. The summed E-state index contributed by atoms with van der Waals surface area (Å²) in [4.78, 5) is 12.9. The highest BCUT2D eigenvalue weighted by Crippen LogP contribution is 2.24. The van der Waals surface area contributed by atoms with E-state index in [0.29, 0.717) is 18.8 Å². The van der Waals surface area contributed by atoms with Crippen molar-refractivity contribution in [3.05, 3.63) is 54.3 Å². The molecule has 0 aromatic heterocycles. The molecule has 0 aliphatic carbocycles. The van der Waals surface area contributed by atoms with Crippen molar-refractivity contribution in [2.45, 2.75) is 43.5 Å². The Morgan fingerprint density at radius 2 is 1.48 bits per heavy atom. The Morgan fingerprint density at radius 1 is 0.939 bits per heavy atom. The molecule has 3 rings (SSSR count). The second kappa shape index (κ2) is 10.2. The molecule has 33 heavy (non-hydrogen) atoms. The van der Waals surface area contributed by atoms with Crippen molar-refractivity contribution in [2.75, 3.05) is 29.0 Å². The third kappa shape index (κ3) is 6.10. The number of nitrogens with zero attached hydrogens (tertiary/aromatic N) is 2. The van der Waals surface area contributed by atoms with Crippen molar-refractivity contribution < 1.29 is 26.0 Å². The summed E-state index contributed by atoms with van der Waals surface area (Å²) in [6, 6.07) is 9.44. The number of nitrogens with one attached hydrogen (secondary N) is 1. The van der Waals surface area contributed by atoms with E-state index in [1.165, 1.54) is 47.6 Å². The second-order valence-electron chi connectivity index (χ2n) is 8.04. The predicted molar refractivity (Wildman–Crippen MR) is 125 cm³/mol. The van der Waals surface area contributed by atoms with Gasteiger partial charge in [0.05, 0.1) is 16.8 Å². The fourth-order valence-corrected chi connectivity index (χ4v) is 6.48. The minimum absolute atomic E-state index is 0.138. The van der Waals surface area contributed by atoms with Gasteiger partial charge in [-0.15, -0.1) is 0 Å². The molecule has 2 aromatic carbocycles. The predicted octanol–water partition coefficient (Wildman–Crippen LogP) is 3.18. The minimum atomic E-state index is -3.84. The largest absolute Gasteiger partial charge is 0.324 e. The number of anilines is 2. The number of hydrogen-bond acceptors (Lipinski definition) is 5. The van der Waals surface area contributed by atoms with Gasteiger partial charge in [-0.25, -0.2) is 21.2 Å². The number of benzene rings is 2. The fourth-order valence-electron chi connectivity index (χ4n) is 3.78. The van der Waals surface area contributed by atoms with E-state index in [4.69, 9.17) is 0 Å². The van der Waals surface area contributed by atoms with Crippen LogP contribution in [0.25, 0.3) is 0 Å². The molecule has 0 radical (unpaired) electrons. The molecule has 1 heterocycles. The van der Waals surface area contributed by atoms with Crippen molar-refractivity contribution in [1.82, 2.24) is 4.31 Å². The SMILES string of the molecule is C[C@H](C(=O)Nc1ccc(S(=O)(=O)N2CCCCCC2)cc1)N(c1ccc(F)cc1)S(C)(=O)=O. The van der Waals surface area contributed by atoms with Crippen LogP contribution in [0.4, 0.5) is 15.8 Å². The number of carbonyl (C=O) groups is 1. The zero-order chi connectivity index (χ0) is 24.2. The topological polar surface area (TPSA) is 104 Å². The average Bonchev–Trinajstić information content (AvgIpc) is 3.05. The molecule has 1 fully saturated rings. The third-order valence-electron chi connectivity index (χ3n) is 5.49. The van der Waals surface area contributed by atoms with Gasteiger partial charge in [0.1, 0.15) is 11.9 Å². The Bertz CT molecular complexity index is 1180. The number of sulfonamides is 2. The van der Waals surface area contributed by atoms with Crippen molar-refractivity contribution in [1.29, 1.82) is 0 Å². The lowest BCUT2D eigenvalue weighted by Gasteiger charge is -2.28. The number of hydrogen-bond donors (Lipinski definition) is 1. The van der Waals surface area contributed by atoms with Gasteiger partial charge in [-0.3, -0.25) is 9.10 Å². The quantitative estimate of drug-likeness (QED) is 0.633. The van der Waals surface area contributed by atoms with Crippen LogP contribution in [-0.4, -0.2) is 52.4 Å². The number of halogens is 1. The van der Waals surface area contributed by atoms with Crippen molar-refractivity contribution in [2.24, 2.45) is 0 Å². The molecule has 1 N–H and O–H groups in total. The summed E-state index contributed by atoms with van der Waals surface area (Å²) < 4.78 is 66.1. The van der Waals surface area contributed by atoms with Crippen LogP contribution in [0.5, 0.6) is 0 Å². The average molecular weight is 498 g/mol.